The number of anilines is 1. The van der Waals surface area contributed by atoms with E-state index in [2.05, 4.69) is 30.1 Å². The van der Waals surface area contributed by atoms with Crippen LogP contribution in [0.1, 0.15) is 11.1 Å². The number of likely N-dealkylation sites (N-methyl/N-ethyl adjacent to an activating group) is 1. The topological polar surface area (TPSA) is 53.0 Å². The van der Waals surface area contributed by atoms with E-state index in [0.717, 1.165) is 13.0 Å². The van der Waals surface area contributed by atoms with Gasteiger partial charge in [-0.2, -0.15) is 0 Å². The van der Waals surface area contributed by atoms with Crippen LogP contribution in [0.3, 0.4) is 0 Å². The second-order valence-electron chi connectivity index (χ2n) is 5.53. The van der Waals surface area contributed by atoms with Gasteiger partial charge in [-0.05, 0) is 23.6 Å². The molecule has 0 aromatic heterocycles. The van der Waals surface area contributed by atoms with E-state index in [1.807, 2.05) is 4.90 Å². The first-order chi connectivity index (χ1) is 9.65. The number of morpholine rings is 1. The first-order valence-electron chi connectivity index (χ1n) is 7.02. The summed E-state index contributed by atoms with van der Waals surface area (Å²) < 4.78 is 5.27. The van der Waals surface area contributed by atoms with Crippen molar-refractivity contribution in [2.75, 3.05) is 38.3 Å². The van der Waals surface area contributed by atoms with Crippen molar-refractivity contribution in [3.63, 3.8) is 0 Å². The van der Waals surface area contributed by atoms with Gasteiger partial charge in [-0.15, -0.1) is 0 Å². The summed E-state index contributed by atoms with van der Waals surface area (Å²) in [4.78, 5) is 15.5. The number of carboxylic acid groups (broad SMARTS) is 1. The number of carboxylic acids is 1. The lowest BCUT2D eigenvalue weighted by molar-refractivity contribution is -0.150. The zero-order valence-electron chi connectivity index (χ0n) is 11.7. The second kappa shape index (κ2) is 5.42. The van der Waals surface area contributed by atoms with Crippen molar-refractivity contribution in [1.29, 1.82) is 0 Å². The number of aliphatic carboxylic acids is 1. The minimum atomic E-state index is -0.800. The zero-order chi connectivity index (χ0) is 14.1. The van der Waals surface area contributed by atoms with Gasteiger partial charge in [0.15, 0.2) is 0 Å². The third-order valence-corrected chi connectivity index (χ3v) is 4.18. The van der Waals surface area contributed by atoms with Crippen molar-refractivity contribution in [3.05, 3.63) is 29.3 Å². The van der Waals surface area contributed by atoms with Crippen LogP contribution in [0.15, 0.2) is 18.2 Å². The van der Waals surface area contributed by atoms with E-state index in [0.29, 0.717) is 19.7 Å². The fourth-order valence-corrected chi connectivity index (χ4v) is 3.01. The molecule has 2 aliphatic rings. The quantitative estimate of drug-likeness (QED) is 0.891. The fraction of sp³-hybridized carbons (Fsp3) is 0.533. The van der Waals surface area contributed by atoms with E-state index in [1.165, 1.54) is 16.8 Å². The van der Waals surface area contributed by atoms with E-state index in [-0.39, 0.29) is 6.61 Å². The SMILES string of the molecule is CN1CCc2cc(CN3CCOCC3C(=O)O)ccc21. The van der Waals surface area contributed by atoms with Crippen molar-refractivity contribution in [1.82, 2.24) is 4.90 Å². The molecule has 20 heavy (non-hydrogen) atoms. The molecule has 1 fully saturated rings. The van der Waals surface area contributed by atoms with Gasteiger partial charge in [0.05, 0.1) is 13.2 Å². The summed E-state index contributed by atoms with van der Waals surface area (Å²) in [6.45, 7) is 3.31. The van der Waals surface area contributed by atoms with Gasteiger partial charge >= 0.3 is 5.97 Å². The van der Waals surface area contributed by atoms with Crippen LogP contribution >= 0.6 is 0 Å². The molecule has 1 N–H and O–H groups in total. The average molecular weight is 276 g/mol. The summed E-state index contributed by atoms with van der Waals surface area (Å²) in [5, 5.41) is 9.25. The molecule has 5 heteroatoms. The molecule has 0 aliphatic carbocycles. The number of ether oxygens (including phenoxy) is 1. The summed E-state index contributed by atoms with van der Waals surface area (Å²) in [6.07, 6.45) is 1.07. The van der Waals surface area contributed by atoms with Gasteiger partial charge in [0, 0.05) is 32.4 Å². The molecule has 0 amide bonds. The average Bonchev–Trinajstić information content (AvgIpc) is 2.80. The van der Waals surface area contributed by atoms with Crippen LogP contribution in [0.25, 0.3) is 0 Å². The van der Waals surface area contributed by atoms with Crippen LogP contribution in [-0.2, 0) is 22.5 Å². The van der Waals surface area contributed by atoms with Gasteiger partial charge in [-0.1, -0.05) is 12.1 Å². The molecule has 0 saturated carbocycles. The largest absolute Gasteiger partial charge is 0.480 e. The number of hydrogen-bond acceptors (Lipinski definition) is 4. The Labute approximate surface area is 118 Å². The molecule has 2 heterocycles. The monoisotopic (exact) mass is 276 g/mol. The maximum absolute atomic E-state index is 11.3. The number of carbonyl (C=O) groups is 1. The standard InChI is InChI=1S/C15H20N2O3/c1-16-5-4-12-8-11(2-3-13(12)16)9-17-6-7-20-10-14(17)15(18)19/h2-3,8,14H,4-7,9-10H2,1H3,(H,18,19). The highest BCUT2D eigenvalue weighted by Gasteiger charge is 2.29. The molecule has 1 aromatic rings. The third-order valence-electron chi connectivity index (χ3n) is 4.18. The van der Waals surface area contributed by atoms with Crippen molar-refractivity contribution >= 4 is 11.7 Å². The Bertz CT molecular complexity index is 518. The lowest BCUT2D eigenvalue weighted by Gasteiger charge is -2.32. The highest BCUT2D eigenvalue weighted by molar-refractivity contribution is 5.73. The van der Waals surface area contributed by atoms with Crippen molar-refractivity contribution in [2.45, 2.75) is 19.0 Å². The number of benzene rings is 1. The number of hydrogen-bond donors (Lipinski definition) is 1. The summed E-state index contributed by atoms with van der Waals surface area (Å²) in [7, 11) is 2.11. The number of fused-ring (bicyclic) bond motifs is 1. The highest BCUT2D eigenvalue weighted by atomic mass is 16.5. The summed E-state index contributed by atoms with van der Waals surface area (Å²) in [6, 6.07) is 5.94. The highest BCUT2D eigenvalue weighted by Crippen LogP contribution is 2.28. The van der Waals surface area contributed by atoms with E-state index >= 15 is 0 Å². The Morgan fingerprint density at radius 2 is 2.30 bits per heavy atom. The van der Waals surface area contributed by atoms with Crippen LogP contribution in [-0.4, -0.2) is 55.4 Å². The lowest BCUT2D eigenvalue weighted by atomic mass is 10.1. The summed E-state index contributed by atoms with van der Waals surface area (Å²) in [5.74, 6) is -0.800. The second-order valence-corrected chi connectivity index (χ2v) is 5.53. The van der Waals surface area contributed by atoms with Crippen LogP contribution < -0.4 is 4.90 Å². The Hall–Kier alpha value is -1.59. The Balaban J connectivity index is 1.75. The Kier molecular flexibility index (Phi) is 3.63. The van der Waals surface area contributed by atoms with E-state index < -0.39 is 12.0 Å². The summed E-state index contributed by atoms with van der Waals surface area (Å²) in [5.41, 5.74) is 3.85. The van der Waals surface area contributed by atoms with Gasteiger partial charge in [0.25, 0.3) is 0 Å². The van der Waals surface area contributed by atoms with E-state index in [1.54, 1.807) is 0 Å². The summed E-state index contributed by atoms with van der Waals surface area (Å²) >= 11 is 0. The minimum Gasteiger partial charge on any atom is -0.480 e. The molecule has 0 spiro atoms. The third kappa shape index (κ3) is 2.51. The van der Waals surface area contributed by atoms with E-state index in [4.69, 9.17) is 4.74 Å². The predicted molar refractivity (Wildman–Crippen MR) is 76.1 cm³/mol. The molecule has 1 aromatic carbocycles. The van der Waals surface area contributed by atoms with Gasteiger partial charge in [-0.25, -0.2) is 0 Å². The van der Waals surface area contributed by atoms with Gasteiger partial charge in [0.1, 0.15) is 6.04 Å². The first-order valence-corrected chi connectivity index (χ1v) is 7.02. The van der Waals surface area contributed by atoms with Crippen LogP contribution in [0.4, 0.5) is 5.69 Å². The maximum Gasteiger partial charge on any atom is 0.323 e. The lowest BCUT2D eigenvalue weighted by Crippen LogP contribution is -2.49. The van der Waals surface area contributed by atoms with Crippen molar-refractivity contribution in [3.8, 4) is 0 Å². The molecule has 1 unspecified atom stereocenters. The normalized spacial score (nSPS) is 22.9. The van der Waals surface area contributed by atoms with Crippen LogP contribution in [0.2, 0.25) is 0 Å². The molecule has 3 rings (SSSR count). The first kappa shape index (κ1) is 13.4. The molecule has 2 aliphatic heterocycles. The number of nitrogens with zero attached hydrogens (tertiary/aromatic N) is 2. The predicted octanol–water partition coefficient (Wildman–Crippen LogP) is 0.964. The number of rotatable bonds is 3. The van der Waals surface area contributed by atoms with Gasteiger partial charge in [0.2, 0.25) is 0 Å². The molecule has 1 atom stereocenters. The van der Waals surface area contributed by atoms with Gasteiger partial charge in [-0.3, -0.25) is 9.69 Å². The van der Waals surface area contributed by atoms with Crippen LogP contribution in [0, 0.1) is 0 Å². The smallest absolute Gasteiger partial charge is 0.323 e. The zero-order valence-corrected chi connectivity index (χ0v) is 11.7. The van der Waals surface area contributed by atoms with E-state index in [9.17, 15) is 9.90 Å². The fourth-order valence-electron chi connectivity index (χ4n) is 3.01. The van der Waals surface area contributed by atoms with Gasteiger partial charge < -0.3 is 14.7 Å². The van der Waals surface area contributed by atoms with Crippen molar-refractivity contribution < 1.29 is 14.6 Å². The molecule has 0 radical (unpaired) electrons. The Morgan fingerprint density at radius 1 is 1.45 bits per heavy atom. The molecular weight excluding hydrogens is 256 g/mol. The van der Waals surface area contributed by atoms with Crippen LogP contribution in [0.5, 0.6) is 0 Å². The Morgan fingerprint density at radius 3 is 3.10 bits per heavy atom. The minimum absolute atomic E-state index is 0.281. The molecule has 108 valence electrons. The molecule has 5 nitrogen and oxygen atoms in total. The maximum atomic E-state index is 11.3. The molecule has 1 saturated heterocycles. The molecular formula is C15H20N2O3. The van der Waals surface area contributed by atoms with Crippen molar-refractivity contribution in [2.24, 2.45) is 0 Å². The molecule has 0 bridgehead atoms.